The molecule has 1 N–H and O–H groups in total. The highest BCUT2D eigenvalue weighted by Crippen LogP contribution is 2.38. The zero-order valence-corrected chi connectivity index (χ0v) is 19.7. The molecule has 1 unspecified atom stereocenters. The summed E-state index contributed by atoms with van der Waals surface area (Å²) in [6, 6.07) is 16.2. The van der Waals surface area contributed by atoms with Gasteiger partial charge in [-0.15, -0.1) is 11.3 Å². The highest BCUT2D eigenvalue weighted by atomic mass is 35.5. The minimum Gasteiger partial charge on any atom is -0.487 e. The number of rotatable bonds is 6. The van der Waals surface area contributed by atoms with Crippen molar-refractivity contribution >= 4 is 51.2 Å². The monoisotopic (exact) mass is 491 g/mol. The van der Waals surface area contributed by atoms with Gasteiger partial charge in [0.15, 0.2) is 11.0 Å². The average molecular weight is 492 g/mol. The van der Waals surface area contributed by atoms with Gasteiger partial charge in [0, 0.05) is 19.2 Å². The molecule has 0 radical (unpaired) electrons. The van der Waals surface area contributed by atoms with Crippen LogP contribution in [0.1, 0.15) is 12.0 Å². The lowest BCUT2D eigenvalue weighted by atomic mass is 10.1. The second-order valence-electron chi connectivity index (χ2n) is 7.24. The van der Waals surface area contributed by atoms with E-state index >= 15 is 0 Å². The van der Waals surface area contributed by atoms with Crippen LogP contribution >= 0.6 is 34.5 Å². The third kappa shape index (κ3) is 5.22. The lowest BCUT2D eigenvalue weighted by molar-refractivity contribution is 0.208. The number of nitrogens with zero attached hydrogens (tertiary/aromatic N) is 2. The molecule has 5 nitrogen and oxygen atoms in total. The number of nitriles is 1. The number of likely N-dealkylation sites (N-methyl/N-ethyl adjacent to an activating group) is 1. The summed E-state index contributed by atoms with van der Waals surface area (Å²) in [5.74, 6) is 0.575. The summed E-state index contributed by atoms with van der Waals surface area (Å²) in [4.78, 5) is 3.02. The first-order valence-corrected chi connectivity index (χ1v) is 12.3. The summed E-state index contributed by atoms with van der Waals surface area (Å²) in [6.45, 7) is 1.84. The van der Waals surface area contributed by atoms with Gasteiger partial charge < -0.3 is 14.4 Å². The van der Waals surface area contributed by atoms with Crippen molar-refractivity contribution in [2.75, 3.05) is 24.9 Å². The van der Waals surface area contributed by atoms with Crippen molar-refractivity contribution in [3.05, 3.63) is 64.1 Å². The lowest BCUT2D eigenvalue weighted by Crippen LogP contribution is -2.21. The van der Waals surface area contributed by atoms with Gasteiger partial charge in [0.1, 0.15) is 16.1 Å². The maximum atomic E-state index is 12.9. The molecule has 1 aromatic heterocycles. The predicted molar refractivity (Wildman–Crippen MR) is 127 cm³/mol. The van der Waals surface area contributed by atoms with Crippen molar-refractivity contribution in [3.8, 4) is 22.3 Å². The van der Waals surface area contributed by atoms with Crippen molar-refractivity contribution in [1.29, 1.82) is 5.26 Å². The highest BCUT2D eigenvalue weighted by Gasteiger charge is 2.22. The van der Waals surface area contributed by atoms with E-state index in [2.05, 4.69) is 22.7 Å². The molecule has 0 amide bonds. The van der Waals surface area contributed by atoms with E-state index in [0.29, 0.717) is 31.3 Å². The molecule has 1 saturated heterocycles. The normalized spacial score (nSPS) is 17.3. The summed E-state index contributed by atoms with van der Waals surface area (Å²) in [7, 11) is 0.557. The minimum atomic E-state index is -1.50. The minimum absolute atomic E-state index is 0.0920. The third-order valence-electron chi connectivity index (χ3n) is 4.91. The molecule has 0 spiro atoms. The summed E-state index contributed by atoms with van der Waals surface area (Å²) < 4.78 is 22.6. The lowest BCUT2D eigenvalue weighted by Gasteiger charge is -2.16. The van der Waals surface area contributed by atoms with Gasteiger partial charge >= 0.3 is 0 Å². The van der Waals surface area contributed by atoms with Crippen LogP contribution < -0.4 is 9.46 Å². The topological polar surface area (TPSA) is 65.4 Å². The van der Waals surface area contributed by atoms with Crippen LogP contribution in [0.2, 0.25) is 10.0 Å². The number of likely N-dealkylation sites (tertiary alicyclic amines) is 1. The van der Waals surface area contributed by atoms with Crippen molar-refractivity contribution < 1.29 is 8.95 Å². The molecule has 2 atom stereocenters. The standard InChI is InChI=1S/C22H19Cl2N3O2S2/c1-27-9-8-17(13-27)29-20-10-16(6-7-18(20)23)26-31(28)21-11-19(24)22(30-21)15-4-2-14(12-25)3-5-15/h2-7,10-11,17,26H,8-9,13H2,1H3/t17-,31?/m1/s1. The zero-order valence-electron chi connectivity index (χ0n) is 16.6. The van der Waals surface area contributed by atoms with Crippen LogP contribution in [0.25, 0.3) is 10.4 Å². The largest absolute Gasteiger partial charge is 0.487 e. The van der Waals surface area contributed by atoms with E-state index in [9.17, 15) is 4.21 Å². The predicted octanol–water partition coefficient (Wildman–Crippen LogP) is 5.81. The van der Waals surface area contributed by atoms with Crippen LogP contribution in [0.15, 0.2) is 52.7 Å². The second-order valence-corrected chi connectivity index (χ2v) is 10.5. The molecule has 2 heterocycles. The molecule has 2 aromatic carbocycles. The van der Waals surface area contributed by atoms with Crippen LogP contribution in [0.4, 0.5) is 5.69 Å². The molecule has 31 heavy (non-hydrogen) atoms. The van der Waals surface area contributed by atoms with Crippen LogP contribution in [0, 0.1) is 11.3 Å². The molecule has 1 aliphatic rings. The van der Waals surface area contributed by atoms with E-state index in [1.54, 1.807) is 36.4 Å². The Kier molecular flexibility index (Phi) is 6.85. The Labute approximate surface area is 197 Å². The first-order valence-electron chi connectivity index (χ1n) is 9.56. The van der Waals surface area contributed by atoms with E-state index in [-0.39, 0.29) is 6.10 Å². The number of hydrogen-bond acceptors (Lipinski definition) is 5. The Morgan fingerprint density at radius 1 is 1.19 bits per heavy atom. The van der Waals surface area contributed by atoms with Crippen molar-refractivity contribution in [2.45, 2.75) is 16.7 Å². The SMILES string of the molecule is CN1CC[C@@H](Oc2cc(NS(=O)c3cc(Cl)c(-c4ccc(C#N)cc4)s3)ccc2Cl)C1. The van der Waals surface area contributed by atoms with Gasteiger partial charge in [-0.05, 0) is 49.4 Å². The quantitative estimate of drug-likeness (QED) is 0.472. The Morgan fingerprint density at radius 3 is 2.65 bits per heavy atom. The van der Waals surface area contributed by atoms with Crippen LogP contribution in [0.5, 0.6) is 5.75 Å². The number of thiophene rings is 1. The number of halogens is 2. The molecule has 9 heteroatoms. The van der Waals surface area contributed by atoms with Crippen LogP contribution in [-0.2, 0) is 11.0 Å². The highest BCUT2D eigenvalue weighted by molar-refractivity contribution is 7.88. The Balaban J connectivity index is 1.49. The van der Waals surface area contributed by atoms with Gasteiger partial charge in [-0.25, -0.2) is 4.21 Å². The van der Waals surface area contributed by atoms with Crippen LogP contribution in [0.3, 0.4) is 0 Å². The molecular formula is C22H19Cl2N3O2S2. The number of anilines is 1. The smallest absolute Gasteiger partial charge is 0.160 e. The van der Waals surface area contributed by atoms with E-state index in [4.69, 9.17) is 33.2 Å². The summed E-state index contributed by atoms with van der Waals surface area (Å²) in [5.41, 5.74) is 2.10. The van der Waals surface area contributed by atoms with Crippen molar-refractivity contribution in [2.24, 2.45) is 0 Å². The van der Waals surface area contributed by atoms with E-state index in [0.717, 1.165) is 30.0 Å². The number of nitrogens with one attached hydrogen (secondary N) is 1. The van der Waals surface area contributed by atoms with Crippen molar-refractivity contribution in [3.63, 3.8) is 0 Å². The average Bonchev–Trinajstić information content (AvgIpc) is 3.36. The summed E-state index contributed by atoms with van der Waals surface area (Å²) >= 11 is 14.0. The maximum Gasteiger partial charge on any atom is 0.160 e. The second kappa shape index (κ2) is 9.60. The number of benzene rings is 2. The van der Waals surface area contributed by atoms with Crippen molar-refractivity contribution in [1.82, 2.24) is 4.90 Å². The molecule has 3 aromatic rings. The van der Waals surface area contributed by atoms with Gasteiger partial charge in [-0.3, -0.25) is 0 Å². The van der Waals surface area contributed by atoms with Gasteiger partial charge in [0.05, 0.1) is 32.2 Å². The van der Waals surface area contributed by atoms with Gasteiger partial charge in [0.2, 0.25) is 0 Å². The zero-order chi connectivity index (χ0) is 22.0. The van der Waals surface area contributed by atoms with Crippen LogP contribution in [-0.4, -0.2) is 35.3 Å². The number of hydrogen-bond donors (Lipinski definition) is 1. The van der Waals surface area contributed by atoms with Gasteiger partial charge in [0.25, 0.3) is 0 Å². The fourth-order valence-corrected chi connectivity index (χ4v) is 6.07. The van der Waals surface area contributed by atoms with E-state index in [1.807, 2.05) is 12.1 Å². The Bertz CT molecular complexity index is 1160. The van der Waals surface area contributed by atoms with E-state index < -0.39 is 11.0 Å². The molecule has 0 aliphatic carbocycles. The Morgan fingerprint density at radius 2 is 1.97 bits per heavy atom. The third-order valence-corrected chi connectivity index (χ3v) is 8.22. The molecular weight excluding hydrogens is 473 g/mol. The molecule has 0 saturated carbocycles. The van der Waals surface area contributed by atoms with Gasteiger partial charge in [-0.1, -0.05) is 35.3 Å². The molecule has 4 rings (SSSR count). The summed E-state index contributed by atoms with van der Waals surface area (Å²) in [5, 5.41) is 10.00. The Hall–Kier alpha value is -2.08. The van der Waals surface area contributed by atoms with E-state index in [1.165, 1.54) is 11.3 Å². The molecule has 1 aliphatic heterocycles. The van der Waals surface area contributed by atoms with Gasteiger partial charge in [-0.2, -0.15) is 5.26 Å². The molecule has 1 fully saturated rings. The number of ether oxygens (including phenoxy) is 1. The first-order chi connectivity index (χ1) is 14.9. The summed E-state index contributed by atoms with van der Waals surface area (Å²) in [6.07, 6.45) is 1.04. The fourth-order valence-electron chi connectivity index (χ4n) is 3.32. The molecule has 0 bridgehead atoms. The maximum absolute atomic E-state index is 12.9. The first kappa shape index (κ1) is 22.1. The molecule has 160 valence electrons. The fraction of sp³-hybridized carbons (Fsp3) is 0.227.